The molecule has 0 aliphatic heterocycles. The number of halogens is 3. The number of nitrogens with one attached hydrogen (secondary N) is 2. The molecule has 190 valence electrons. The summed E-state index contributed by atoms with van der Waals surface area (Å²) in [6, 6.07) is 13.4. The van der Waals surface area contributed by atoms with Crippen LogP contribution in [0.1, 0.15) is 41.6 Å². The van der Waals surface area contributed by atoms with Crippen molar-refractivity contribution < 1.29 is 27.8 Å². The van der Waals surface area contributed by atoms with Gasteiger partial charge in [0.15, 0.2) is 0 Å². The standard InChI is InChI=1S/C28H24F3N3O3/c1-16(32)2-10-25(33)19-6-4-18(5-7-19)21-12-17(3-9-24(21)28(29,30)31)15-37-20-8-11-26(34-14-20)22-13-23(22)27(35)36/h2-12,14,22-23,32-33H,13,15H2,1H3,(H,35,36)/b10-2-,32-16?,33-25?/t22-,23-/m0/s1. The summed E-state index contributed by atoms with van der Waals surface area (Å²) in [4.78, 5) is 15.3. The summed E-state index contributed by atoms with van der Waals surface area (Å²) in [5.41, 5.74) is 1.74. The first-order valence-electron chi connectivity index (χ1n) is 11.5. The smallest absolute Gasteiger partial charge is 0.417 e. The molecule has 0 bridgehead atoms. The average molecular weight is 508 g/mol. The molecule has 6 nitrogen and oxygen atoms in total. The zero-order chi connectivity index (χ0) is 26.7. The second-order valence-electron chi connectivity index (χ2n) is 8.88. The molecule has 2 aromatic carbocycles. The number of hydrogen-bond donors (Lipinski definition) is 3. The molecule has 0 amide bonds. The minimum absolute atomic E-state index is 0.000484. The number of carboxylic acids is 1. The van der Waals surface area contributed by atoms with Crippen LogP contribution in [0.3, 0.4) is 0 Å². The van der Waals surface area contributed by atoms with Crippen LogP contribution >= 0.6 is 0 Å². The largest absolute Gasteiger partial charge is 0.487 e. The third-order valence-corrected chi connectivity index (χ3v) is 6.05. The quantitative estimate of drug-likeness (QED) is 0.288. The molecule has 3 aromatic rings. The van der Waals surface area contributed by atoms with E-state index >= 15 is 0 Å². The van der Waals surface area contributed by atoms with E-state index in [1.165, 1.54) is 42.6 Å². The average Bonchev–Trinajstić information content (AvgIpc) is 3.67. The fourth-order valence-electron chi connectivity index (χ4n) is 3.96. The first kappa shape index (κ1) is 25.8. The van der Waals surface area contributed by atoms with Crippen LogP contribution in [0.4, 0.5) is 13.2 Å². The van der Waals surface area contributed by atoms with Crippen molar-refractivity contribution in [2.75, 3.05) is 0 Å². The highest BCUT2D eigenvalue weighted by Gasteiger charge is 2.45. The molecular weight excluding hydrogens is 483 g/mol. The van der Waals surface area contributed by atoms with Crippen LogP contribution in [0.5, 0.6) is 5.75 Å². The first-order valence-corrected chi connectivity index (χ1v) is 11.5. The van der Waals surface area contributed by atoms with Crippen LogP contribution < -0.4 is 4.74 Å². The molecule has 1 fully saturated rings. The molecule has 37 heavy (non-hydrogen) atoms. The molecule has 1 heterocycles. The lowest BCUT2D eigenvalue weighted by Gasteiger charge is -2.15. The molecular formula is C28H24F3N3O3. The van der Waals surface area contributed by atoms with Gasteiger partial charge in [-0.25, -0.2) is 0 Å². The third kappa shape index (κ3) is 6.30. The van der Waals surface area contributed by atoms with Gasteiger partial charge in [0.2, 0.25) is 0 Å². The predicted octanol–water partition coefficient (Wildman–Crippen LogP) is 6.50. The van der Waals surface area contributed by atoms with E-state index in [4.69, 9.17) is 20.7 Å². The van der Waals surface area contributed by atoms with Gasteiger partial charge in [-0.05, 0) is 72.0 Å². The highest BCUT2D eigenvalue weighted by molar-refractivity contribution is 6.09. The molecule has 0 spiro atoms. The highest BCUT2D eigenvalue weighted by atomic mass is 19.4. The Morgan fingerprint density at radius 1 is 1.11 bits per heavy atom. The Hall–Kier alpha value is -4.27. The van der Waals surface area contributed by atoms with Crippen molar-refractivity contribution in [3.8, 4) is 16.9 Å². The van der Waals surface area contributed by atoms with Crippen LogP contribution in [0, 0.1) is 16.7 Å². The van der Waals surface area contributed by atoms with Crippen molar-refractivity contribution in [3.63, 3.8) is 0 Å². The maximum atomic E-state index is 13.7. The van der Waals surface area contributed by atoms with Crippen LogP contribution in [0.15, 0.2) is 72.9 Å². The number of rotatable bonds is 9. The Balaban J connectivity index is 1.51. The van der Waals surface area contributed by atoms with Gasteiger partial charge in [-0.1, -0.05) is 30.3 Å². The van der Waals surface area contributed by atoms with Gasteiger partial charge < -0.3 is 20.7 Å². The van der Waals surface area contributed by atoms with Gasteiger partial charge in [-0.15, -0.1) is 0 Å². The number of allylic oxidation sites excluding steroid dienone is 2. The number of pyridine rings is 1. The van der Waals surface area contributed by atoms with Gasteiger partial charge in [0.25, 0.3) is 0 Å². The molecule has 2 atom stereocenters. The van der Waals surface area contributed by atoms with Crippen molar-refractivity contribution >= 4 is 17.4 Å². The molecule has 0 unspecified atom stereocenters. The van der Waals surface area contributed by atoms with Crippen molar-refractivity contribution in [3.05, 3.63) is 95.3 Å². The van der Waals surface area contributed by atoms with Gasteiger partial charge in [0.1, 0.15) is 12.4 Å². The summed E-state index contributed by atoms with van der Waals surface area (Å²) in [6.45, 7) is 1.60. The van der Waals surface area contributed by atoms with Crippen molar-refractivity contribution in [1.82, 2.24) is 4.98 Å². The normalized spacial score (nSPS) is 17.0. The molecule has 1 aliphatic rings. The number of carbonyl (C=O) groups is 1. The Labute approximate surface area is 211 Å². The molecule has 3 N–H and O–H groups in total. The van der Waals surface area contributed by atoms with Crippen LogP contribution in [-0.4, -0.2) is 27.5 Å². The van der Waals surface area contributed by atoms with E-state index in [9.17, 15) is 18.0 Å². The van der Waals surface area contributed by atoms with Gasteiger partial charge in [0.05, 0.1) is 23.4 Å². The fraction of sp³-hybridized carbons (Fsp3) is 0.214. The second-order valence-corrected chi connectivity index (χ2v) is 8.88. The fourth-order valence-corrected chi connectivity index (χ4v) is 3.96. The minimum Gasteiger partial charge on any atom is -0.487 e. The molecule has 1 aliphatic carbocycles. The molecule has 0 radical (unpaired) electrons. The van der Waals surface area contributed by atoms with E-state index < -0.39 is 23.6 Å². The van der Waals surface area contributed by atoms with E-state index in [0.717, 1.165) is 6.07 Å². The van der Waals surface area contributed by atoms with E-state index in [1.54, 1.807) is 31.2 Å². The van der Waals surface area contributed by atoms with E-state index in [-0.39, 0.29) is 29.5 Å². The molecule has 1 aromatic heterocycles. The summed E-state index contributed by atoms with van der Waals surface area (Å²) in [6.07, 6.45) is 0.426. The maximum absolute atomic E-state index is 13.7. The van der Waals surface area contributed by atoms with Gasteiger partial charge in [-0.2, -0.15) is 13.2 Å². The van der Waals surface area contributed by atoms with Gasteiger partial charge >= 0.3 is 12.1 Å². The Morgan fingerprint density at radius 3 is 2.41 bits per heavy atom. The molecule has 9 heteroatoms. The van der Waals surface area contributed by atoms with Crippen molar-refractivity contribution in [2.24, 2.45) is 5.92 Å². The summed E-state index contributed by atoms with van der Waals surface area (Å²) in [7, 11) is 0. The van der Waals surface area contributed by atoms with E-state index in [0.29, 0.717) is 34.6 Å². The summed E-state index contributed by atoms with van der Waals surface area (Å²) >= 11 is 0. The number of hydrogen-bond acceptors (Lipinski definition) is 5. The summed E-state index contributed by atoms with van der Waals surface area (Å²) < 4.78 is 47.0. The number of ether oxygens (including phenoxy) is 1. The van der Waals surface area contributed by atoms with E-state index in [1.807, 2.05) is 0 Å². The molecule has 4 rings (SSSR count). The third-order valence-electron chi connectivity index (χ3n) is 6.05. The Bertz CT molecular complexity index is 1360. The lowest BCUT2D eigenvalue weighted by atomic mass is 9.95. The zero-order valence-electron chi connectivity index (χ0n) is 19.8. The molecule has 1 saturated carbocycles. The van der Waals surface area contributed by atoms with Crippen molar-refractivity contribution in [1.29, 1.82) is 10.8 Å². The SMILES string of the molecule is CC(=N)/C=C\C(=N)c1ccc(-c2cc(COc3ccc([C@H]4C[C@@H]4C(=O)O)nc3)ccc2C(F)(F)F)cc1. The van der Waals surface area contributed by atoms with Gasteiger partial charge in [-0.3, -0.25) is 9.78 Å². The van der Waals surface area contributed by atoms with Crippen molar-refractivity contribution in [2.45, 2.75) is 32.0 Å². The predicted molar refractivity (Wildman–Crippen MR) is 133 cm³/mol. The monoisotopic (exact) mass is 507 g/mol. The van der Waals surface area contributed by atoms with Crippen LogP contribution in [0.25, 0.3) is 11.1 Å². The number of nitrogens with zero attached hydrogens (tertiary/aromatic N) is 1. The second kappa shape index (κ2) is 10.4. The number of benzene rings is 2. The van der Waals surface area contributed by atoms with E-state index in [2.05, 4.69) is 4.98 Å². The molecule has 0 saturated heterocycles. The van der Waals surface area contributed by atoms with Crippen LogP contribution in [-0.2, 0) is 17.6 Å². The maximum Gasteiger partial charge on any atom is 0.417 e. The zero-order valence-corrected chi connectivity index (χ0v) is 19.8. The number of aliphatic carboxylic acids is 1. The lowest BCUT2D eigenvalue weighted by Crippen LogP contribution is -2.08. The van der Waals surface area contributed by atoms with Gasteiger partial charge in [0, 0.05) is 17.3 Å². The number of alkyl halides is 3. The highest BCUT2D eigenvalue weighted by Crippen LogP contribution is 2.46. The first-order chi connectivity index (χ1) is 17.5. The summed E-state index contributed by atoms with van der Waals surface area (Å²) in [5, 5.41) is 24.5. The lowest BCUT2D eigenvalue weighted by molar-refractivity contribution is -0.139. The number of aromatic nitrogens is 1. The Kier molecular flexibility index (Phi) is 7.24. The Morgan fingerprint density at radius 2 is 1.84 bits per heavy atom. The minimum atomic E-state index is -4.55. The topological polar surface area (TPSA) is 107 Å². The summed E-state index contributed by atoms with van der Waals surface area (Å²) in [5.74, 6) is -0.927. The number of carboxylic acid groups (broad SMARTS) is 1. The van der Waals surface area contributed by atoms with Crippen LogP contribution in [0.2, 0.25) is 0 Å².